The molecule has 0 amide bonds. The summed E-state index contributed by atoms with van der Waals surface area (Å²) in [7, 11) is 1.66. The number of methoxy groups -OCH3 is 1. The van der Waals surface area contributed by atoms with Crippen LogP contribution < -0.4 is 4.74 Å². The first-order valence-electron chi connectivity index (χ1n) is 7.33. The van der Waals surface area contributed by atoms with Crippen molar-refractivity contribution in [3.05, 3.63) is 70.3 Å². The van der Waals surface area contributed by atoms with Crippen LogP contribution in [0, 0.1) is 6.92 Å². The molecular formula is C19H20ClNO2. The molecule has 0 aliphatic rings. The van der Waals surface area contributed by atoms with Crippen LogP contribution in [0.15, 0.2) is 53.7 Å². The lowest BCUT2D eigenvalue weighted by atomic mass is 10.1. The molecule has 0 saturated carbocycles. The molecule has 3 nitrogen and oxygen atoms in total. The van der Waals surface area contributed by atoms with Crippen LogP contribution in [0.5, 0.6) is 5.75 Å². The van der Waals surface area contributed by atoms with Crippen molar-refractivity contribution < 1.29 is 9.57 Å². The molecule has 4 heteroatoms. The van der Waals surface area contributed by atoms with Gasteiger partial charge in [0.1, 0.15) is 12.4 Å². The maximum absolute atomic E-state index is 5.86. The number of oxime groups is 1. The Morgan fingerprint density at radius 2 is 1.91 bits per heavy atom. The molecule has 0 radical (unpaired) electrons. The summed E-state index contributed by atoms with van der Waals surface area (Å²) in [6.45, 7) is 4.27. The normalized spacial score (nSPS) is 11.7. The molecule has 0 unspecified atom stereocenters. The second-order valence-corrected chi connectivity index (χ2v) is 5.59. The highest BCUT2D eigenvalue weighted by Gasteiger charge is 2.05. The Balaban J connectivity index is 1.95. The third-order valence-corrected chi connectivity index (χ3v) is 3.57. The zero-order valence-corrected chi connectivity index (χ0v) is 14.3. The zero-order valence-electron chi connectivity index (χ0n) is 13.5. The third-order valence-electron chi connectivity index (χ3n) is 3.31. The van der Waals surface area contributed by atoms with Crippen LogP contribution >= 0.6 is 11.6 Å². The molecule has 0 spiro atoms. The van der Waals surface area contributed by atoms with Gasteiger partial charge < -0.3 is 9.57 Å². The average molecular weight is 330 g/mol. The predicted molar refractivity (Wildman–Crippen MR) is 96.1 cm³/mol. The van der Waals surface area contributed by atoms with Crippen molar-refractivity contribution in [2.45, 2.75) is 20.5 Å². The van der Waals surface area contributed by atoms with E-state index in [2.05, 4.69) is 5.16 Å². The smallest absolute Gasteiger partial charge is 0.145 e. The first kappa shape index (κ1) is 17.1. The fourth-order valence-electron chi connectivity index (χ4n) is 2.14. The largest absolute Gasteiger partial charge is 0.496 e. The molecule has 0 N–H and O–H groups in total. The minimum Gasteiger partial charge on any atom is -0.496 e. The topological polar surface area (TPSA) is 30.8 Å². The van der Waals surface area contributed by atoms with E-state index >= 15 is 0 Å². The standard InChI is InChI=1S/C19H20ClNO2/c1-14-5-4-6-17(19(14)22-3)13-23-21-15(2)7-8-16-9-11-18(20)12-10-16/h4-12H,13H2,1-3H3. The molecule has 0 aromatic heterocycles. The van der Waals surface area contributed by atoms with E-state index in [0.29, 0.717) is 6.61 Å². The lowest BCUT2D eigenvalue weighted by molar-refractivity contribution is 0.128. The fourth-order valence-corrected chi connectivity index (χ4v) is 2.27. The SMILES string of the molecule is COc1c(C)cccc1CON=C(C)C=Cc1ccc(Cl)cc1. The van der Waals surface area contributed by atoms with Crippen molar-refractivity contribution >= 4 is 23.4 Å². The van der Waals surface area contributed by atoms with Crippen molar-refractivity contribution in [2.24, 2.45) is 5.16 Å². The number of halogens is 1. The average Bonchev–Trinajstić information content (AvgIpc) is 2.54. The van der Waals surface area contributed by atoms with Crippen LogP contribution in [0.4, 0.5) is 0 Å². The van der Waals surface area contributed by atoms with Crippen LogP contribution in [0.2, 0.25) is 5.02 Å². The van der Waals surface area contributed by atoms with Crippen LogP contribution in [0.1, 0.15) is 23.6 Å². The van der Waals surface area contributed by atoms with Crippen LogP contribution in [0.25, 0.3) is 6.08 Å². The Hall–Kier alpha value is -2.26. The van der Waals surface area contributed by atoms with E-state index in [-0.39, 0.29) is 0 Å². The predicted octanol–water partition coefficient (Wildman–Crippen LogP) is 5.26. The summed E-state index contributed by atoms with van der Waals surface area (Å²) in [6, 6.07) is 13.6. The van der Waals surface area contributed by atoms with Crippen molar-refractivity contribution in [3.8, 4) is 5.75 Å². The van der Waals surface area contributed by atoms with E-state index in [1.165, 1.54) is 0 Å². The number of nitrogens with zero attached hydrogens (tertiary/aromatic N) is 1. The Morgan fingerprint density at radius 3 is 2.61 bits per heavy atom. The maximum Gasteiger partial charge on any atom is 0.145 e. The third kappa shape index (κ3) is 5.15. The summed E-state index contributed by atoms with van der Waals surface area (Å²) >= 11 is 5.86. The monoisotopic (exact) mass is 329 g/mol. The molecule has 0 fully saturated rings. The molecular weight excluding hydrogens is 310 g/mol. The first-order valence-corrected chi connectivity index (χ1v) is 7.70. The minimum atomic E-state index is 0.372. The van der Waals surface area contributed by atoms with Gasteiger partial charge >= 0.3 is 0 Å². The number of ether oxygens (including phenoxy) is 1. The van der Waals surface area contributed by atoms with Gasteiger partial charge in [-0.25, -0.2) is 0 Å². The highest BCUT2D eigenvalue weighted by atomic mass is 35.5. The maximum atomic E-state index is 5.86. The highest BCUT2D eigenvalue weighted by Crippen LogP contribution is 2.23. The zero-order chi connectivity index (χ0) is 16.7. The van der Waals surface area contributed by atoms with Gasteiger partial charge in [-0.3, -0.25) is 0 Å². The van der Waals surface area contributed by atoms with Crippen molar-refractivity contribution in [1.82, 2.24) is 0 Å². The van der Waals surface area contributed by atoms with Gasteiger partial charge in [0, 0.05) is 10.6 Å². The lowest BCUT2D eigenvalue weighted by Crippen LogP contribution is -1.97. The minimum absolute atomic E-state index is 0.372. The van der Waals surface area contributed by atoms with E-state index in [1.54, 1.807) is 7.11 Å². The van der Waals surface area contributed by atoms with Gasteiger partial charge in [-0.1, -0.05) is 53.2 Å². The summed E-state index contributed by atoms with van der Waals surface area (Å²) in [5.74, 6) is 0.844. The summed E-state index contributed by atoms with van der Waals surface area (Å²) in [5, 5.41) is 4.83. The molecule has 0 aliphatic carbocycles. The molecule has 0 heterocycles. The summed E-state index contributed by atoms with van der Waals surface area (Å²) in [5.41, 5.74) is 3.90. The van der Waals surface area contributed by atoms with Crippen molar-refractivity contribution in [3.63, 3.8) is 0 Å². The van der Waals surface area contributed by atoms with Crippen molar-refractivity contribution in [2.75, 3.05) is 7.11 Å². The van der Waals surface area contributed by atoms with Gasteiger partial charge in [-0.2, -0.15) is 0 Å². The Kier molecular flexibility index (Phi) is 6.24. The van der Waals surface area contributed by atoms with Gasteiger partial charge in [0.15, 0.2) is 0 Å². The molecule has 0 saturated heterocycles. The Bertz CT molecular complexity index is 706. The van der Waals surface area contributed by atoms with Crippen molar-refractivity contribution in [1.29, 1.82) is 0 Å². The summed E-state index contributed by atoms with van der Waals surface area (Å²) in [4.78, 5) is 5.42. The van der Waals surface area contributed by atoms with E-state index in [0.717, 1.165) is 33.2 Å². The van der Waals surface area contributed by atoms with Gasteiger partial charge in [0.25, 0.3) is 0 Å². The van der Waals surface area contributed by atoms with Crippen LogP contribution in [-0.2, 0) is 11.4 Å². The molecule has 2 aromatic rings. The number of allylic oxidation sites excluding steroid dienone is 1. The number of rotatable bonds is 6. The van der Waals surface area contributed by atoms with E-state index in [1.807, 2.05) is 68.5 Å². The van der Waals surface area contributed by atoms with E-state index < -0.39 is 0 Å². The first-order chi connectivity index (χ1) is 11.1. The second-order valence-electron chi connectivity index (χ2n) is 5.16. The Labute approximate surface area is 142 Å². The van der Waals surface area contributed by atoms with Crippen LogP contribution in [-0.4, -0.2) is 12.8 Å². The number of hydrogen-bond acceptors (Lipinski definition) is 3. The lowest BCUT2D eigenvalue weighted by Gasteiger charge is -2.10. The quantitative estimate of drug-likeness (QED) is 0.534. The highest BCUT2D eigenvalue weighted by molar-refractivity contribution is 6.30. The Morgan fingerprint density at radius 1 is 1.17 bits per heavy atom. The number of para-hydroxylation sites is 1. The molecule has 2 aromatic carbocycles. The molecule has 23 heavy (non-hydrogen) atoms. The number of aryl methyl sites for hydroxylation is 1. The second kappa shape index (κ2) is 8.39. The molecule has 0 atom stereocenters. The van der Waals surface area contributed by atoms with Gasteiger partial charge in [-0.05, 0) is 43.2 Å². The molecule has 120 valence electrons. The summed E-state index contributed by atoms with van der Waals surface area (Å²) < 4.78 is 5.40. The van der Waals surface area contributed by atoms with Crippen LogP contribution in [0.3, 0.4) is 0 Å². The summed E-state index contributed by atoms with van der Waals surface area (Å²) in [6.07, 6.45) is 3.86. The fraction of sp³-hybridized carbons (Fsp3) is 0.211. The number of hydrogen-bond donors (Lipinski definition) is 0. The molecule has 0 bridgehead atoms. The molecule has 2 rings (SSSR count). The number of benzene rings is 2. The van der Waals surface area contributed by atoms with Gasteiger partial charge in [-0.15, -0.1) is 0 Å². The van der Waals surface area contributed by atoms with E-state index in [9.17, 15) is 0 Å². The molecule has 0 aliphatic heterocycles. The van der Waals surface area contributed by atoms with Gasteiger partial charge in [0.05, 0.1) is 12.8 Å². The van der Waals surface area contributed by atoms with Gasteiger partial charge in [0.2, 0.25) is 0 Å². The van der Waals surface area contributed by atoms with E-state index in [4.69, 9.17) is 21.2 Å².